The van der Waals surface area contributed by atoms with E-state index in [0.29, 0.717) is 5.75 Å². The molecule has 0 saturated heterocycles. The molecule has 0 fully saturated rings. The van der Waals surface area contributed by atoms with Crippen LogP contribution in [0.15, 0.2) is 40.9 Å². The Hall–Kier alpha value is -1.48. The Kier molecular flexibility index (Phi) is 3.23. The summed E-state index contributed by atoms with van der Waals surface area (Å²) in [5.74, 6) is 0.423. The van der Waals surface area contributed by atoms with Gasteiger partial charge in [-0.3, -0.25) is 0 Å². The third-order valence-corrected chi connectivity index (χ3v) is 4.61. The minimum Gasteiger partial charge on any atom is -0.508 e. The van der Waals surface area contributed by atoms with E-state index in [-0.39, 0.29) is 6.04 Å². The fourth-order valence-electron chi connectivity index (χ4n) is 2.67. The van der Waals surface area contributed by atoms with E-state index < -0.39 is 0 Å². The highest BCUT2D eigenvalue weighted by atomic mass is 79.9. The average Bonchev–Trinajstić information content (AvgIpc) is 2.79. The standard InChI is InChI=1S/C16H16BrNO/c1-10-5-6-11(9-14(10)17)18-15-8-7-13-12(15)3-2-4-16(13)19/h2-6,9,15,18-19H,7-8H2,1H3. The number of phenols is 1. The van der Waals surface area contributed by atoms with E-state index in [1.165, 1.54) is 11.1 Å². The van der Waals surface area contributed by atoms with Crippen molar-refractivity contribution in [2.45, 2.75) is 25.8 Å². The third kappa shape index (κ3) is 2.35. The highest BCUT2D eigenvalue weighted by molar-refractivity contribution is 9.10. The number of nitrogens with one attached hydrogen (secondary N) is 1. The van der Waals surface area contributed by atoms with Crippen LogP contribution in [-0.4, -0.2) is 5.11 Å². The Morgan fingerprint density at radius 2 is 2.11 bits per heavy atom. The molecule has 98 valence electrons. The van der Waals surface area contributed by atoms with Crippen molar-refractivity contribution in [3.05, 3.63) is 57.6 Å². The van der Waals surface area contributed by atoms with Gasteiger partial charge in [-0.25, -0.2) is 0 Å². The molecular formula is C16H16BrNO. The van der Waals surface area contributed by atoms with Gasteiger partial charge in [0.05, 0.1) is 6.04 Å². The summed E-state index contributed by atoms with van der Waals surface area (Å²) >= 11 is 3.56. The Balaban J connectivity index is 1.86. The number of benzene rings is 2. The van der Waals surface area contributed by atoms with Crippen LogP contribution in [-0.2, 0) is 6.42 Å². The molecule has 1 unspecified atom stereocenters. The zero-order chi connectivity index (χ0) is 13.4. The van der Waals surface area contributed by atoms with Crippen molar-refractivity contribution in [2.75, 3.05) is 5.32 Å². The van der Waals surface area contributed by atoms with Crippen molar-refractivity contribution in [1.82, 2.24) is 0 Å². The molecular weight excluding hydrogens is 302 g/mol. The van der Waals surface area contributed by atoms with Gasteiger partial charge in [-0.15, -0.1) is 0 Å². The van der Waals surface area contributed by atoms with Crippen molar-refractivity contribution in [3.63, 3.8) is 0 Å². The molecule has 0 aliphatic heterocycles. The van der Waals surface area contributed by atoms with Crippen LogP contribution in [0.5, 0.6) is 5.75 Å². The lowest BCUT2D eigenvalue weighted by Gasteiger charge is -2.16. The second kappa shape index (κ2) is 4.89. The third-order valence-electron chi connectivity index (χ3n) is 3.76. The van der Waals surface area contributed by atoms with Gasteiger partial charge in [0.15, 0.2) is 0 Å². The second-order valence-electron chi connectivity index (χ2n) is 5.04. The number of rotatable bonds is 2. The van der Waals surface area contributed by atoms with E-state index >= 15 is 0 Å². The molecule has 0 saturated carbocycles. The summed E-state index contributed by atoms with van der Waals surface area (Å²) in [4.78, 5) is 0. The van der Waals surface area contributed by atoms with E-state index in [4.69, 9.17) is 0 Å². The summed E-state index contributed by atoms with van der Waals surface area (Å²) in [6.45, 7) is 2.08. The molecule has 1 aliphatic rings. The molecule has 0 radical (unpaired) electrons. The van der Waals surface area contributed by atoms with Crippen LogP contribution in [0.4, 0.5) is 5.69 Å². The first kappa shape index (κ1) is 12.5. The number of fused-ring (bicyclic) bond motifs is 1. The lowest BCUT2D eigenvalue weighted by Crippen LogP contribution is -2.07. The van der Waals surface area contributed by atoms with E-state index in [0.717, 1.165) is 28.6 Å². The van der Waals surface area contributed by atoms with Gasteiger partial charge in [0.25, 0.3) is 0 Å². The van der Waals surface area contributed by atoms with Crippen LogP contribution in [0.2, 0.25) is 0 Å². The quantitative estimate of drug-likeness (QED) is 0.850. The fraction of sp³-hybridized carbons (Fsp3) is 0.250. The SMILES string of the molecule is Cc1ccc(NC2CCc3c(O)cccc32)cc1Br. The number of hydrogen-bond acceptors (Lipinski definition) is 2. The molecule has 2 N–H and O–H groups in total. The maximum absolute atomic E-state index is 9.86. The molecule has 3 heteroatoms. The maximum Gasteiger partial charge on any atom is 0.119 e. The molecule has 1 aliphatic carbocycles. The van der Waals surface area contributed by atoms with E-state index in [1.54, 1.807) is 6.07 Å². The largest absolute Gasteiger partial charge is 0.508 e. The van der Waals surface area contributed by atoms with Crippen LogP contribution in [0.1, 0.15) is 29.2 Å². The van der Waals surface area contributed by atoms with Crippen molar-refractivity contribution in [3.8, 4) is 5.75 Å². The van der Waals surface area contributed by atoms with Gasteiger partial charge in [0, 0.05) is 10.2 Å². The van der Waals surface area contributed by atoms with Crippen LogP contribution < -0.4 is 5.32 Å². The number of phenolic OH excluding ortho intramolecular Hbond substituents is 1. The summed E-state index contributed by atoms with van der Waals surface area (Å²) in [5.41, 5.74) is 4.65. The Bertz CT molecular complexity index is 624. The van der Waals surface area contributed by atoms with Gasteiger partial charge in [-0.1, -0.05) is 34.1 Å². The first-order valence-corrected chi connectivity index (χ1v) is 7.28. The highest BCUT2D eigenvalue weighted by Gasteiger charge is 2.24. The average molecular weight is 318 g/mol. The summed E-state index contributed by atoms with van der Waals surface area (Å²) in [6, 6.07) is 12.4. The predicted octanol–water partition coefficient (Wildman–Crippen LogP) is 4.56. The number of aryl methyl sites for hydroxylation is 1. The van der Waals surface area contributed by atoms with E-state index in [9.17, 15) is 5.11 Å². The van der Waals surface area contributed by atoms with Gasteiger partial charge in [0.2, 0.25) is 0 Å². The molecule has 3 rings (SSSR count). The molecule has 0 spiro atoms. The maximum atomic E-state index is 9.86. The predicted molar refractivity (Wildman–Crippen MR) is 81.7 cm³/mol. The smallest absolute Gasteiger partial charge is 0.119 e. The molecule has 0 heterocycles. The van der Waals surface area contributed by atoms with Gasteiger partial charge in [-0.2, -0.15) is 0 Å². The highest BCUT2D eigenvalue weighted by Crippen LogP contribution is 2.38. The lowest BCUT2D eigenvalue weighted by molar-refractivity contribution is 0.469. The molecule has 1 atom stereocenters. The van der Waals surface area contributed by atoms with Gasteiger partial charge >= 0.3 is 0 Å². The van der Waals surface area contributed by atoms with Crippen molar-refractivity contribution < 1.29 is 5.11 Å². The number of aromatic hydroxyl groups is 1. The molecule has 0 bridgehead atoms. The Morgan fingerprint density at radius 1 is 1.26 bits per heavy atom. The summed E-state index contributed by atoms with van der Waals surface area (Å²) in [7, 11) is 0. The topological polar surface area (TPSA) is 32.3 Å². The monoisotopic (exact) mass is 317 g/mol. The summed E-state index contributed by atoms with van der Waals surface area (Å²) < 4.78 is 1.12. The van der Waals surface area contributed by atoms with E-state index in [2.05, 4.69) is 52.4 Å². The Morgan fingerprint density at radius 3 is 2.89 bits per heavy atom. The van der Waals surface area contributed by atoms with Crippen molar-refractivity contribution in [1.29, 1.82) is 0 Å². The number of halogens is 1. The second-order valence-corrected chi connectivity index (χ2v) is 5.90. The minimum absolute atomic E-state index is 0.289. The normalized spacial score (nSPS) is 17.3. The molecule has 0 aromatic heterocycles. The number of hydrogen-bond donors (Lipinski definition) is 2. The lowest BCUT2D eigenvalue weighted by atomic mass is 10.1. The molecule has 2 nitrogen and oxygen atoms in total. The fourth-order valence-corrected chi connectivity index (χ4v) is 3.05. The zero-order valence-corrected chi connectivity index (χ0v) is 12.4. The Labute approximate surface area is 121 Å². The molecule has 0 amide bonds. The van der Waals surface area contributed by atoms with Crippen molar-refractivity contribution in [2.24, 2.45) is 0 Å². The molecule has 2 aromatic rings. The van der Waals surface area contributed by atoms with Crippen molar-refractivity contribution >= 4 is 21.6 Å². The van der Waals surface area contributed by atoms with Crippen LogP contribution in [0, 0.1) is 6.92 Å². The minimum atomic E-state index is 0.289. The molecule has 19 heavy (non-hydrogen) atoms. The van der Waals surface area contributed by atoms with Gasteiger partial charge < -0.3 is 10.4 Å². The number of anilines is 1. The van der Waals surface area contributed by atoms with Crippen LogP contribution >= 0.6 is 15.9 Å². The van der Waals surface area contributed by atoms with Crippen LogP contribution in [0.25, 0.3) is 0 Å². The first-order valence-electron chi connectivity index (χ1n) is 6.48. The van der Waals surface area contributed by atoms with Gasteiger partial charge in [-0.05, 0) is 54.7 Å². The first-order chi connectivity index (χ1) is 9.15. The summed E-state index contributed by atoms with van der Waals surface area (Å²) in [6.07, 6.45) is 1.96. The summed E-state index contributed by atoms with van der Waals surface area (Å²) in [5, 5.41) is 13.4. The van der Waals surface area contributed by atoms with Crippen LogP contribution in [0.3, 0.4) is 0 Å². The van der Waals surface area contributed by atoms with Gasteiger partial charge in [0.1, 0.15) is 5.75 Å². The zero-order valence-electron chi connectivity index (χ0n) is 10.8. The van der Waals surface area contributed by atoms with E-state index in [1.807, 2.05) is 6.07 Å². The molecule has 2 aromatic carbocycles.